The van der Waals surface area contributed by atoms with Crippen molar-refractivity contribution in [3.8, 4) is 0 Å². The Balaban J connectivity index is 1.26. The highest BCUT2D eigenvalue weighted by Crippen LogP contribution is 2.66. The number of allylic oxidation sites excluding steroid dienone is 3. The molecular weight excluding hydrogens is 480 g/mol. The van der Waals surface area contributed by atoms with Gasteiger partial charge in [0.2, 0.25) is 0 Å². The Labute approximate surface area is 227 Å². The number of ketones is 1. The first-order chi connectivity index (χ1) is 17.8. The second-order valence-electron chi connectivity index (χ2n) is 13.9. The molecule has 1 N–H and O–H groups in total. The van der Waals surface area contributed by atoms with Crippen molar-refractivity contribution in [2.75, 3.05) is 6.54 Å². The molecule has 0 aromatic carbocycles. The minimum Gasteiger partial charge on any atom is -0.444 e. The van der Waals surface area contributed by atoms with Crippen LogP contribution in [0.2, 0.25) is 0 Å². The molecule has 1 amide bonds. The summed E-state index contributed by atoms with van der Waals surface area (Å²) in [7, 11) is 0. The van der Waals surface area contributed by atoms with Gasteiger partial charge in [-0.2, -0.15) is 0 Å². The second-order valence-corrected chi connectivity index (χ2v) is 13.9. The van der Waals surface area contributed by atoms with Crippen LogP contribution in [-0.2, 0) is 19.2 Å². The number of rotatable bonds is 3. The Hall–Kier alpha value is -2.31. The molecule has 0 spiro atoms. The lowest BCUT2D eigenvalue weighted by Gasteiger charge is -2.57. The number of hydrogen-bond donors (Lipinski definition) is 1. The molecule has 4 fully saturated rings. The van der Waals surface area contributed by atoms with Gasteiger partial charge in [-0.25, -0.2) is 15.1 Å². The number of ether oxygens (including phenoxy) is 1. The van der Waals surface area contributed by atoms with Gasteiger partial charge in [0.1, 0.15) is 11.6 Å². The molecule has 0 aromatic rings. The fourth-order valence-corrected chi connectivity index (χ4v) is 8.80. The summed E-state index contributed by atoms with van der Waals surface area (Å²) in [6, 6.07) is -0.620. The summed E-state index contributed by atoms with van der Waals surface area (Å²) in [5.74, 6) is 1.84. The lowest BCUT2D eigenvalue weighted by atomic mass is 9.47. The van der Waals surface area contributed by atoms with Crippen molar-refractivity contribution in [3.05, 3.63) is 22.9 Å². The van der Waals surface area contributed by atoms with Crippen LogP contribution in [-0.4, -0.2) is 40.9 Å². The topological polar surface area (TPSA) is 84.9 Å². The molecule has 38 heavy (non-hydrogen) atoms. The van der Waals surface area contributed by atoms with Crippen molar-refractivity contribution in [1.29, 1.82) is 0 Å². The van der Waals surface area contributed by atoms with Crippen molar-refractivity contribution in [2.45, 2.75) is 117 Å². The average molecular weight is 527 g/mol. The van der Waals surface area contributed by atoms with Crippen molar-refractivity contribution in [1.82, 2.24) is 10.4 Å². The van der Waals surface area contributed by atoms with Crippen LogP contribution in [0, 0.1) is 28.6 Å². The number of nitrogens with one attached hydrogen (secondary N) is 1. The smallest absolute Gasteiger partial charge is 0.411 e. The van der Waals surface area contributed by atoms with Gasteiger partial charge in [-0.3, -0.25) is 9.69 Å². The molecule has 5 aliphatic rings. The largest absolute Gasteiger partial charge is 0.444 e. The summed E-state index contributed by atoms with van der Waals surface area (Å²) in [5, 5.41) is 0. The highest BCUT2D eigenvalue weighted by Gasteiger charge is 2.58. The van der Waals surface area contributed by atoms with Gasteiger partial charge in [0.15, 0.2) is 5.78 Å². The van der Waals surface area contributed by atoms with Gasteiger partial charge in [0.05, 0.1) is 0 Å². The van der Waals surface area contributed by atoms with Crippen LogP contribution < -0.4 is 5.48 Å². The third-order valence-electron chi connectivity index (χ3n) is 10.7. The molecule has 0 bridgehead atoms. The van der Waals surface area contributed by atoms with Crippen LogP contribution in [0.15, 0.2) is 22.9 Å². The highest BCUT2D eigenvalue weighted by molar-refractivity contribution is 5.91. The first kappa shape index (κ1) is 27.3. The molecule has 5 rings (SSSR count). The van der Waals surface area contributed by atoms with E-state index in [1.807, 2.05) is 33.8 Å². The maximum atomic E-state index is 13.0. The SMILES string of the molecule is C/C(NOC(=O)[C@@H]1CCCN1C(=O)OC(C)(C)C)=C1\CC[C@H]2[C@@H]3CCC4=CC(=O)CC[C@]4(C)[C@H]3CC[C@]12C. The zero-order chi connectivity index (χ0) is 27.5. The summed E-state index contributed by atoms with van der Waals surface area (Å²) < 4.78 is 5.50. The minimum atomic E-state index is -0.620. The zero-order valence-corrected chi connectivity index (χ0v) is 24.2. The van der Waals surface area contributed by atoms with E-state index in [-0.39, 0.29) is 10.8 Å². The van der Waals surface area contributed by atoms with E-state index in [1.54, 1.807) is 0 Å². The molecule has 0 aromatic heterocycles. The lowest BCUT2D eigenvalue weighted by molar-refractivity contribution is -0.154. The van der Waals surface area contributed by atoms with Crippen LogP contribution in [0.4, 0.5) is 4.79 Å². The first-order valence-corrected chi connectivity index (χ1v) is 14.7. The van der Waals surface area contributed by atoms with E-state index in [0.717, 1.165) is 37.8 Å². The van der Waals surface area contributed by atoms with Crippen molar-refractivity contribution in [2.24, 2.45) is 28.6 Å². The molecule has 7 nitrogen and oxygen atoms in total. The monoisotopic (exact) mass is 526 g/mol. The van der Waals surface area contributed by atoms with Crippen LogP contribution in [0.25, 0.3) is 0 Å². The predicted molar refractivity (Wildman–Crippen MR) is 145 cm³/mol. The Morgan fingerprint density at radius 1 is 1.00 bits per heavy atom. The van der Waals surface area contributed by atoms with Crippen molar-refractivity contribution in [3.63, 3.8) is 0 Å². The Morgan fingerprint density at radius 3 is 2.47 bits per heavy atom. The van der Waals surface area contributed by atoms with Gasteiger partial charge >= 0.3 is 12.1 Å². The van der Waals surface area contributed by atoms with Crippen LogP contribution >= 0.6 is 0 Å². The molecular formula is C31H46N2O5. The maximum Gasteiger partial charge on any atom is 0.411 e. The number of likely N-dealkylation sites (tertiary alicyclic amines) is 1. The molecule has 210 valence electrons. The van der Waals surface area contributed by atoms with E-state index >= 15 is 0 Å². The zero-order valence-electron chi connectivity index (χ0n) is 24.2. The quantitative estimate of drug-likeness (QED) is 0.438. The summed E-state index contributed by atoms with van der Waals surface area (Å²) in [4.78, 5) is 44.8. The molecule has 0 unspecified atom stereocenters. The van der Waals surface area contributed by atoms with E-state index in [9.17, 15) is 14.4 Å². The Morgan fingerprint density at radius 2 is 1.74 bits per heavy atom. The van der Waals surface area contributed by atoms with Gasteiger partial charge in [0, 0.05) is 18.7 Å². The number of hydrogen-bond acceptors (Lipinski definition) is 6. The van der Waals surface area contributed by atoms with Crippen LogP contribution in [0.3, 0.4) is 0 Å². The first-order valence-electron chi connectivity index (χ1n) is 14.7. The number of carbonyl (C=O) groups is 3. The van der Waals surface area contributed by atoms with E-state index < -0.39 is 23.7 Å². The number of nitrogens with zero attached hydrogens (tertiary/aromatic N) is 1. The van der Waals surface area contributed by atoms with Crippen LogP contribution in [0.1, 0.15) is 106 Å². The summed E-state index contributed by atoms with van der Waals surface area (Å²) in [6.07, 6.45) is 11.3. The molecule has 7 heteroatoms. The Kier molecular flexibility index (Phi) is 6.96. The second kappa shape index (κ2) is 9.71. The third kappa shape index (κ3) is 4.68. The predicted octanol–water partition coefficient (Wildman–Crippen LogP) is 6.24. The maximum absolute atomic E-state index is 13.0. The van der Waals surface area contributed by atoms with Crippen molar-refractivity contribution >= 4 is 17.8 Å². The summed E-state index contributed by atoms with van der Waals surface area (Å²) in [5.41, 5.74) is 6.40. The molecule has 0 radical (unpaired) electrons. The molecule has 1 saturated heterocycles. The Bertz CT molecular complexity index is 1070. The third-order valence-corrected chi connectivity index (χ3v) is 10.7. The standard InChI is InChI=1S/C31H46N2O5/c1-19(32-38-27(35)26-8-7-17-33(26)28(36)37-29(2,3)4)23-11-12-24-22-10-9-20-18-21(34)13-15-30(20,5)25(22)14-16-31(23,24)6/h18,22,24-26,32H,7-17H2,1-6H3/b23-19-/t22-,24-,25-,26-,30-,31+/m0/s1. The number of fused-ring (bicyclic) bond motifs is 5. The summed E-state index contributed by atoms with van der Waals surface area (Å²) >= 11 is 0. The molecule has 6 atom stereocenters. The van der Waals surface area contributed by atoms with Gasteiger partial charge < -0.3 is 9.57 Å². The van der Waals surface area contributed by atoms with E-state index in [2.05, 4.69) is 19.3 Å². The molecule has 1 aliphatic heterocycles. The van der Waals surface area contributed by atoms with Crippen LogP contribution in [0.5, 0.6) is 0 Å². The van der Waals surface area contributed by atoms with Gasteiger partial charge in [-0.15, -0.1) is 0 Å². The summed E-state index contributed by atoms with van der Waals surface area (Å²) in [6.45, 7) is 12.9. The highest BCUT2D eigenvalue weighted by atomic mass is 16.7. The number of carbonyl (C=O) groups excluding carboxylic acids is 3. The lowest BCUT2D eigenvalue weighted by Crippen LogP contribution is -2.49. The molecule has 1 heterocycles. The number of amides is 1. The van der Waals surface area contributed by atoms with E-state index in [0.29, 0.717) is 42.9 Å². The fourth-order valence-electron chi connectivity index (χ4n) is 8.80. The molecule has 3 saturated carbocycles. The minimum absolute atomic E-state index is 0.0998. The number of hydroxylamine groups is 1. The van der Waals surface area contributed by atoms with E-state index in [1.165, 1.54) is 35.3 Å². The molecule has 4 aliphatic carbocycles. The normalized spacial score (nSPS) is 38.0. The van der Waals surface area contributed by atoms with Crippen molar-refractivity contribution < 1.29 is 24.0 Å². The van der Waals surface area contributed by atoms with Gasteiger partial charge in [-0.1, -0.05) is 19.4 Å². The van der Waals surface area contributed by atoms with Gasteiger partial charge in [-0.05, 0) is 126 Å². The average Bonchev–Trinajstić information content (AvgIpc) is 3.46. The van der Waals surface area contributed by atoms with Gasteiger partial charge in [0.25, 0.3) is 0 Å². The fraction of sp³-hybridized carbons (Fsp3) is 0.774. The van der Waals surface area contributed by atoms with E-state index in [4.69, 9.17) is 9.57 Å².